The van der Waals surface area contributed by atoms with E-state index in [0.717, 1.165) is 33.5 Å². The Morgan fingerprint density at radius 1 is 1.10 bits per heavy atom. The number of halogens is 1. The van der Waals surface area contributed by atoms with Crippen molar-refractivity contribution < 1.29 is 9.47 Å². The van der Waals surface area contributed by atoms with Crippen molar-refractivity contribution in [1.29, 1.82) is 0 Å². The largest absolute Gasteiger partial charge is 0.454 e. The molecule has 0 atom stereocenters. The molecule has 1 N–H and O–H groups in total. The average molecular weight is 305 g/mol. The third kappa shape index (κ3) is 3.00. The van der Waals surface area contributed by atoms with Crippen LogP contribution in [-0.2, 0) is 6.54 Å². The molecule has 2 aromatic rings. The quantitative estimate of drug-likeness (QED) is 0.933. The van der Waals surface area contributed by atoms with Crippen molar-refractivity contribution in [2.75, 3.05) is 31.1 Å². The lowest BCUT2D eigenvalue weighted by atomic mass is 10.2. The van der Waals surface area contributed by atoms with E-state index in [9.17, 15) is 0 Å². The second-order valence-corrected chi connectivity index (χ2v) is 5.51. The van der Waals surface area contributed by atoms with Gasteiger partial charge in [0.05, 0.1) is 10.7 Å². The number of hydrogen-bond donors (Lipinski definition) is 1. The Morgan fingerprint density at radius 3 is 2.67 bits per heavy atom. The van der Waals surface area contributed by atoms with Gasteiger partial charge in [0.25, 0.3) is 0 Å². The van der Waals surface area contributed by atoms with Crippen LogP contribution in [0.15, 0.2) is 36.4 Å². The van der Waals surface area contributed by atoms with Crippen molar-refractivity contribution >= 4 is 23.0 Å². The first-order valence-electron chi connectivity index (χ1n) is 6.73. The molecule has 0 saturated carbocycles. The zero-order valence-electron chi connectivity index (χ0n) is 12.0. The second kappa shape index (κ2) is 5.74. The van der Waals surface area contributed by atoms with Crippen molar-refractivity contribution in [1.82, 2.24) is 0 Å². The minimum Gasteiger partial charge on any atom is -0.454 e. The van der Waals surface area contributed by atoms with E-state index in [1.807, 2.05) is 55.4 Å². The van der Waals surface area contributed by atoms with Crippen LogP contribution >= 0.6 is 11.6 Å². The summed E-state index contributed by atoms with van der Waals surface area (Å²) in [5.41, 5.74) is 3.13. The predicted molar refractivity (Wildman–Crippen MR) is 85.7 cm³/mol. The summed E-state index contributed by atoms with van der Waals surface area (Å²) in [5.74, 6) is 1.60. The molecule has 0 unspecified atom stereocenters. The standard InChI is InChI=1S/C16H17ClN2O2/c1-19(2)14-5-4-12(8-13(14)17)18-9-11-3-6-15-16(7-11)21-10-20-15/h3-8,18H,9-10H2,1-2H3. The van der Waals surface area contributed by atoms with Gasteiger partial charge in [0.15, 0.2) is 11.5 Å². The third-order valence-corrected chi connectivity index (χ3v) is 3.67. The van der Waals surface area contributed by atoms with Gasteiger partial charge < -0.3 is 19.7 Å². The van der Waals surface area contributed by atoms with Crippen molar-refractivity contribution in [3.8, 4) is 11.5 Å². The molecule has 0 spiro atoms. The van der Waals surface area contributed by atoms with E-state index in [1.165, 1.54) is 0 Å². The maximum Gasteiger partial charge on any atom is 0.231 e. The minimum absolute atomic E-state index is 0.299. The molecule has 0 radical (unpaired) electrons. The molecule has 21 heavy (non-hydrogen) atoms. The topological polar surface area (TPSA) is 33.7 Å². The van der Waals surface area contributed by atoms with Crippen molar-refractivity contribution in [2.24, 2.45) is 0 Å². The molecule has 0 fully saturated rings. The van der Waals surface area contributed by atoms with Gasteiger partial charge in [0.1, 0.15) is 0 Å². The molecule has 0 saturated heterocycles. The Hall–Kier alpha value is -2.07. The Morgan fingerprint density at radius 2 is 1.90 bits per heavy atom. The van der Waals surface area contributed by atoms with Gasteiger partial charge in [0.2, 0.25) is 6.79 Å². The van der Waals surface area contributed by atoms with Crippen LogP contribution in [0.5, 0.6) is 11.5 Å². The normalized spacial score (nSPS) is 12.3. The van der Waals surface area contributed by atoms with Gasteiger partial charge >= 0.3 is 0 Å². The Balaban J connectivity index is 1.69. The smallest absolute Gasteiger partial charge is 0.231 e. The molecule has 1 heterocycles. The summed E-state index contributed by atoms with van der Waals surface area (Å²) in [5, 5.41) is 4.09. The molecular weight excluding hydrogens is 288 g/mol. The number of nitrogens with one attached hydrogen (secondary N) is 1. The molecule has 0 aromatic heterocycles. The summed E-state index contributed by atoms with van der Waals surface area (Å²) >= 11 is 6.26. The van der Waals surface area contributed by atoms with Gasteiger partial charge in [-0.2, -0.15) is 0 Å². The molecule has 2 aromatic carbocycles. The second-order valence-electron chi connectivity index (χ2n) is 5.10. The monoisotopic (exact) mass is 304 g/mol. The van der Waals surface area contributed by atoms with Gasteiger partial charge in [-0.1, -0.05) is 17.7 Å². The summed E-state index contributed by atoms with van der Waals surface area (Å²) in [6.07, 6.45) is 0. The van der Waals surface area contributed by atoms with Crippen LogP contribution in [0.4, 0.5) is 11.4 Å². The number of ether oxygens (including phenoxy) is 2. The molecule has 3 rings (SSSR count). The zero-order valence-corrected chi connectivity index (χ0v) is 12.8. The summed E-state index contributed by atoms with van der Waals surface area (Å²) in [7, 11) is 3.95. The van der Waals surface area contributed by atoms with Gasteiger partial charge in [-0.05, 0) is 35.9 Å². The van der Waals surface area contributed by atoms with E-state index in [4.69, 9.17) is 21.1 Å². The van der Waals surface area contributed by atoms with Gasteiger partial charge in [-0.15, -0.1) is 0 Å². The molecule has 4 nitrogen and oxygen atoms in total. The molecule has 0 amide bonds. The molecule has 0 bridgehead atoms. The van der Waals surface area contributed by atoms with E-state index in [0.29, 0.717) is 13.3 Å². The first-order valence-corrected chi connectivity index (χ1v) is 7.10. The van der Waals surface area contributed by atoms with Crippen molar-refractivity contribution in [3.05, 3.63) is 47.0 Å². The van der Waals surface area contributed by atoms with Crippen LogP contribution in [0.1, 0.15) is 5.56 Å². The minimum atomic E-state index is 0.299. The number of fused-ring (bicyclic) bond motifs is 1. The predicted octanol–water partition coefficient (Wildman–Crippen LogP) is 3.75. The van der Waals surface area contributed by atoms with Crippen LogP contribution in [0.3, 0.4) is 0 Å². The Labute approximate surface area is 129 Å². The van der Waals surface area contributed by atoms with E-state index < -0.39 is 0 Å². The lowest BCUT2D eigenvalue weighted by molar-refractivity contribution is 0.174. The number of anilines is 2. The Kier molecular flexibility index (Phi) is 3.80. The highest BCUT2D eigenvalue weighted by Gasteiger charge is 2.13. The summed E-state index contributed by atoms with van der Waals surface area (Å²) in [4.78, 5) is 1.99. The van der Waals surface area contributed by atoms with Gasteiger partial charge in [-0.3, -0.25) is 0 Å². The van der Waals surface area contributed by atoms with Crippen LogP contribution in [0.2, 0.25) is 5.02 Å². The van der Waals surface area contributed by atoms with Gasteiger partial charge in [0, 0.05) is 26.3 Å². The average Bonchev–Trinajstić information content (AvgIpc) is 2.92. The number of nitrogens with zero attached hydrogens (tertiary/aromatic N) is 1. The summed E-state index contributed by atoms with van der Waals surface area (Å²) in [6, 6.07) is 11.9. The highest BCUT2D eigenvalue weighted by molar-refractivity contribution is 6.33. The van der Waals surface area contributed by atoms with Crippen LogP contribution < -0.4 is 19.7 Å². The fraction of sp³-hybridized carbons (Fsp3) is 0.250. The van der Waals surface area contributed by atoms with Crippen LogP contribution in [0.25, 0.3) is 0 Å². The maximum absolute atomic E-state index is 6.26. The third-order valence-electron chi connectivity index (χ3n) is 3.36. The van der Waals surface area contributed by atoms with E-state index in [1.54, 1.807) is 0 Å². The molecule has 5 heteroatoms. The Bertz CT molecular complexity index is 659. The number of benzene rings is 2. The highest BCUT2D eigenvalue weighted by Crippen LogP contribution is 2.33. The van der Waals surface area contributed by atoms with Gasteiger partial charge in [-0.25, -0.2) is 0 Å². The first kappa shape index (κ1) is 13.9. The summed E-state index contributed by atoms with van der Waals surface area (Å²) in [6.45, 7) is 1.00. The fourth-order valence-electron chi connectivity index (χ4n) is 2.23. The van der Waals surface area contributed by atoms with Crippen LogP contribution in [0, 0.1) is 0 Å². The summed E-state index contributed by atoms with van der Waals surface area (Å²) < 4.78 is 10.7. The molecule has 1 aliphatic rings. The molecule has 0 aliphatic carbocycles. The van der Waals surface area contributed by atoms with Crippen molar-refractivity contribution in [3.63, 3.8) is 0 Å². The highest BCUT2D eigenvalue weighted by atomic mass is 35.5. The van der Waals surface area contributed by atoms with E-state index >= 15 is 0 Å². The van der Waals surface area contributed by atoms with Crippen molar-refractivity contribution in [2.45, 2.75) is 6.54 Å². The molecule has 1 aliphatic heterocycles. The van der Waals surface area contributed by atoms with Crippen LogP contribution in [-0.4, -0.2) is 20.9 Å². The molecule has 110 valence electrons. The first-order chi connectivity index (χ1) is 10.1. The maximum atomic E-state index is 6.26. The lowest BCUT2D eigenvalue weighted by Gasteiger charge is -2.15. The number of rotatable bonds is 4. The van der Waals surface area contributed by atoms with E-state index in [-0.39, 0.29) is 0 Å². The SMILES string of the molecule is CN(C)c1ccc(NCc2ccc3c(c2)OCO3)cc1Cl. The zero-order chi connectivity index (χ0) is 14.8. The number of hydrogen-bond acceptors (Lipinski definition) is 4. The molecular formula is C16H17ClN2O2. The fourth-order valence-corrected chi connectivity index (χ4v) is 2.58. The van der Waals surface area contributed by atoms with E-state index in [2.05, 4.69) is 5.32 Å². The lowest BCUT2D eigenvalue weighted by Crippen LogP contribution is -2.09.